The molecule has 23 heavy (non-hydrogen) atoms. The quantitative estimate of drug-likeness (QED) is 0.538. The molecule has 2 aromatic heterocycles. The maximum Gasteiger partial charge on any atom is 0.194 e. The predicted octanol–water partition coefficient (Wildman–Crippen LogP) is 3.97. The number of rotatable bonds is 4. The van der Waals surface area contributed by atoms with Gasteiger partial charge in [-0.3, -0.25) is 9.20 Å². The van der Waals surface area contributed by atoms with E-state index in [4.69, 9.17) is 0 Å². The fraction of sp³-hybridized carbons (Fsp3) is 0.222. The van der Waals surface area contributed by atoms with Crippen molar-refractivity contribution < 1.29 is 4.79 Å². The summed E-state index contributed by atoms with van der Waals surface area (Å²) in [5.74, 6) is -0.00314. The van der Waals surface area contributed by atoms with Gasteiger partial charge < -0.3 is 4.90 Å². The van der Waals surface area contributed by atoms with Crippen LogP contribution < -0.4 is 4.90 Å². The molecule has 1 aromatic carbocycles. The second-order valence-corrected chi connectivity index (χ2v) is 6.93. The van der Waals surface area contributed by atoms with Crippen molar-refractivity contribution >= 4 is 33.8 Å². The lowest BCUT2D eigenvalue weighted by molar-refractivity contribution is 0.104. The minimum atomic E-state index is -0.00314. The van der Waals surface area contributed by atoms with Crippen LogP contribution >= 0.6 is 11.3 Å². The first-order valence-electron chi connectivity index (χ1n) is 7.40. The summed E-state index contributed by atoms with van der Waals surface area (Å²) in [5.41, 5.74) is 3.66. The van der Waals surface area contributed by atoms with Crippen molar-refractivity contribution in [2.45, 2.75) is 13.8 Å². The van der Waals surface area contributed by atoms with Crippen molar-refractivity contribution in [2.24, 2.45) is 0 Å². The first kappa shape index (κ1) is 15.5. The van der Waals surface area contributed by atoms with Gasteiger partial charge >= 0.3 is 0 Å². The fourth-order valence-corrected chi connectivity index (χ4v) is 3.33. The molecule has 4 nitrogen and oxygen atoms in total. The monoisotopic (exact) mass is 325 g/mol. The summed E-state index contributed by atoms with van der Waals surface area (Å²) >= 11 is 1.65. The highest BCUT2D eigenvalue weighted by molar-refractivity contribution is 7.17. The van der Waals surface area contributed by atoms with Gasteiger partial charge in [-0.05, 0) is 50.3 Å². The lowest BCUT2D eigenvalue weighted by Gasteiger charge is -2.11. The summed E-state index contributed by atoms with van der Waals surface area (Å²) in [5, 5.41) is 0. The number of hydrogen-bond acceptors (Lipinski definition) is 4. The van der Waals surface area contributed by atoms with E-state index in [1.807, 2.05) is 60.7 Å². The van der Waals surface area contributed by atoms with Gasteiger partial charge in [0.1, 0.15) is 0 Å². The molecule has 118 valence electrons. The highest BCUT2D eigenvalue weighted by Crippen LogP contribution is 2.22. The standard InChI is InChI=1S/C18H19N3OS/c1-12-11-21-16(13(2)19-18(21)23-12)9-10-17(22)14-5-7-15(8-6-14)20(3)4/h5-11H,1-4H3/b10-9-. The van der Waals surface area contributed by atoms with E-state index in [9.17, 15) is 4.79 Å². The minimum absolute atomic E-state index is 0.00314. The van der Waals surface area contributed by atoms with Crippen LogP contribution in [0.1, 0.15) is 26.6 Å². The summed E-state index contributed by atoms with van der Waals surface area (Å²) < 4.78 is 2.04. The topological polar surface area (TPSA) is 37.6 Å². The van der Waals surface area contributed by atoms with E-state index in [1.54, 1.807) is 17.4 Å². The molecule has 0 aliphatic heterocycles. The molecule has 0 spiro atoms. The van der Waals surface area contributed by atoms with Gasteiger partial charge in [0.2, 0.25) is 0 Å². The van der Waals surface area contributed by atoms with E-state index < -0.39 is 0 Å². The molecule has 3 aromatic rings. The molecule has 0 amide bonds. The molecule has 5 heteroatoms. The van der Waals surface area contributed by atoms with E-state index in [2.05, 4.69) is 18.1 Å². The van der Waals surface area contributed by atoms with Crippen LogP contribution in [0.4, 0.5) is 5.69 Å². The molecule has 0 aliphatic rings. The minimum Gasteiger partial charge on any atom is -0.378 e. The van der Waals surface area contributed by atoms with Crippen molar-refractivity contribution in [3.63, 3.8) is 0 Å². The molecule has 0 aliphatic carbocycles. The molecule has 0 saturated carbocycles. The average Bonchev–Trinajstić information content (AvgIpc) is 3.00. The molecule has 0 radical (unpaired) electrons. The number of aryl methyl sites for hydroxylation is 2. The number of hydrogen-bond donors (Lipinski definition) is 0. The van der Waals surface area contributed by atoms with E-state index >= 15 is 0 Å². The Kier molecular flexibility index (Phi) is 4.05. The zero-order valence-electron chi connectivity index (χ0n) is 13.7. The Morgan fingerprint density at radius 2 is 1.91 bits per heavy atom. The Bertz CT molecular complexity index is 885. The van der Waals surface area contributed by atoms with Crippen LogP contribution in [-0.2, 0) is 0 Å². The molecule has 0 N–H and O–H groups in total. The van der Waals surface area contributed by atoms with Gasteiger partial charge in [0, 0.05) is 36.4 Å². The number of benzene rings is 1. The first-order chi connectivity index (χ1) is 11.0. The summed E-state index contributed by atoms with van der Waals surface area (Å²) in [6, 6.07) is 7.61. The number of ketones is 1. The Labute approximate surface area is 139 Å². The van der Waals surface area contributed by atoms with Gasteiger partial charge in [-0.2, -0.15) is 0 Å². The Morgan fingerprint density at radius 1 is 1.22 bits per heavy atom. The maximum absolute atomic E-state index is 12.3. The number of thiazole rings is 1. The second-order valence-electron chi connectivity index (χ2n) is 5.72. The zero-order valence-corrected chi connectivity index (χ0v) is 14.5. The van der Waals surface area contributed by atoms with Crippen LogP contribution in [-0.4, -0.2) is 29.3 Å². The third-order valence-corrected chi connectivity index (χ3v) is 4.62. The van der Waals surface area contributed by atoms with Gasteiger partial charge in [-0.25, -0.2) is 4.98 Å². The van der Waals surface area contributed by atoms with Crippen molar-refractivity contribution in [3.8, 4) is 0 Å². The fourth-order valence-electron chi connectivity index (χ4n) is 2.46. The highest BCUT2D eigenvalue weighted by atomic mass is 32.1. The van der Waals surface area contributed by atoms with Gasteiger partial charge in [0.25, 0.3) is 0 Å². The van der Waals surface area contributed by atoms with E-state index in [0.717, 1.165) is 22.0 Å². The molecule has 0 atom stereocenters. The van der Waals surface area contributed by atoms with Crippen molar-refractivity contribution in [1.29, 1.82) is 0 Å². The van der Waals surface area contributed by atoms with Gasteiger partial charge in [-0.1, -0.05) is 0 Å². The van der Waals surface area contributed by atoms with E-state index in [1.165, 1.54) is 4.88 Å². The van der Waals surface area contributed by atoms with Crippen LogP contribution in [0.5, 0.6) is 0 Å². The molecular formula is C18H19N3OS. The average molecular weight is 325 g/mol. The molecular weight excluding hydrogens is 306 g/mol. The summed E-state index contributed by atoms with van der Waals surface area (Å²) in [6.45, 7) is 4.02. The van der Waals surface area contributed by atoms with Gasteiger partial charge in [0.15, 0.2) is 10.7 Å². The van der Waals surface area contributed by atoms with Gasteiger partial charge in [-0.15, -0.1) is 11.3 Å². The molecule has 0 saturated heterocycles. The van der Waals surface area contributed by atoms with Crippen LogP contribution in [0, 0.1) is 13.8 Å². The number of aromatic nitrogens is 2. The molecule has 3 rings (SSSR count). The number of imidazole rings is 1. The number of nitrogens with zero attached hydrogens (tertiary/aromatic N) is 3. The van der Waals surface area contributed by atoms with E-state index in [0.29, 0.717) is 5.56 Å². The smallest absolute Gasteiger partial charge is 0.194 e. The van der Waals surface area contributed by atoms with Crippen molar-refractivity contribution in [1.82, 2.24) is 9.38 Å². The number of anilines is 1. The van der Waals surface area contributed by atoms with Gasteiger partial charge in [0.05, 0.1) is 11.4 Å². The summed E-state index contributed by atoms with van der Waals surface area (Å²) in [6.07, 6.45) is 5.52. The zero-order chi connectivity index (χ0) is 16.6. The molecule has 2 heterocycles. The summed E-state index contributed by atoms with van der Waals surface area (Å²) in [7, 11) is 3.96. The van der Waals surface area contributed by atoms with Crippen LogP contribution in [0.15, 0.2) is 36.5 Å². The lowest BCUT2D eigenvalue weighted by atomic mass is 10.1. The van der Waals surface area contributed by atoms with Crippen molar-refractivity contribution in [3.05, 3.63) is 58.4 Å². The normalized spacial score (nSPS) is 11.5. The SMILES string of the molecule is Cc1cn2c(/C=C\C(=O)c3ccc(N(C)C)cc3)c(C)nc2s1. The number of fused-ring (bicyclic) bond motifs is 1. The lowest BCUT2D eigenvalue weighted by Crippen LogP contribution is -2.08. The van der Waals surface area contributed by atoms with Crippen molar-refractivity contribution in [2.75, 3.05) is 19.0 Å². The third kappa shape index (κ3) is 3.05. The van der Waals surface area contributed by atoms with E-state index in [-0.39, 0.29) is 5.78 Å². The predicted molar refractivity (Wildman–Crippen MR) is 96.7 cm³/mol. The molecule has 0 bridgehead atoms. The highest BCUT2D eigenvalue weighted by Gasteiger charge is 2.09. The second kappa shape index (κ2) is 6.01. The number of carbonyl (C=O) groups excluding carboxylic acids is 1. The Hall–Kier alpha value is -2.40. The molecule has 0 fully saturated rings. The first-order valence-corrected chi connectivity index (χ1v) is 8.22. The largest absolute Gasteiger partial charge is 0.378 e. The van der Waals surface area contributed by atoms with Crippen LogP contribution in [0.25, 0.3) is 11.0 Å². The Morgan fingerprint density at radius 3 is 2.57 bits per heavy atom. The third-order valence-electron chi connectivity index (χ3n) is 3.72. The number of carbonyl (C=O) groups is 1. The Balaban J connectivity index is 1.86. The number of allylic oxidation sites excluding steroid dienone is 1. The maximum atomic E-state index is 12.3. The van der Waals surface area contributed by atoms with Crippen LogP contribution in [0.2, 0.25) is 0 Å². The summed E-state index contributed by atoms with van der Waals surface area (Å²) in [4.78, 5) is 21.0. The van der Waals surface area contributed by atoms with Crippen LogP contribution in [0.3, 0.4) is 0 Å². The molecule has 0 unspecified atom stereocenters.